The Kier molecular flexibility index (Phi) is 5.84. The maximum atomic E-state index is 12.0. The first-order valence-electron chi connectivity index (χ1n) is 5.83. The Balaban J connectivity index is 2.81. The number of nitrogens with one attached hydrogen (secondary N) is 2. The second kappa shape index (κ2) is 6.74. The van der Waals surface area contributed by atoms with Crippen LogP contribution in [0.1, 0.15) is 24.3 Å². The van der Waals surface area contributed by atoms with Gasteiger partial charge in [-0.25, -0.2) is 21.9 Å². The maximum Gasteiger partial charge on any atom is 0.251 e. The molecular formula is C11H18F2N2O2S2. The molecule has 0 amide bonds. The fraction of sp³-hybridized carbons (Fsp3) is 0.636. The third-order valence-corrected chi connectivity index (χ3v) is 5.50. The standard InChI is InChI=1S/C11H18F2N2O2S2/c1-7(2)14-5-9-8(3)4-11(18-9)19(16,17)15-6-10(12)13/h4,7,10,14-15H,5-6H2,1-3H3. The minimum Gasteiger partial charge on any atom is -0.310 e. The van der Waals surface area contributed by atoms with Crippen molar-refractivity contribution >= 4 is 21.4 Å². The quantitative estimate of drug-likeness (QED) is 0.810. The summed E-state index contributed by atoms with van der Waals surface area (Å²) < 4.78 is 49.6. The molecule has 0 saturated heterocycles. The minimum atomic E-state index is -3.83. The van der Waals surface area contributed by atoms with Crippen molar-refractivity contribution in [2.45, 2.75) is 44.0 Å². The number of thiophene rings is 1. The molecule has 1 aromatic rings. The molecule has 4 nitrogen and oxygen atoms in total. The Morgan fingerprint density at radius 1 is 1.37 bits per heavy atom. The molecule has 0 aliphatic rings. The van der Waals surface area contributed by atoms with Crippen molar-refractivity contribution in [3.8, 4) is 0 Å². The van der Waals surface area contributed by atoms with Crippen LogP contribution in [0.3, 0.4) is 0 Å². The van der Waals surface area contributed by atoms with E-state index < -0.39 is 23.0 Å². The summed E-state index contributed by atoms with van der Waals surface area (Å²) in [6.07, 6.45) is -2.70. The van der Waals surface area contributed by atoms with Crippen LogP contribution in [-0.2, 0) is 16.6 Å². The van der Waals surface area contributed by atoms with E-state index in [1.807, 2.05) is 18.6 Å². The SMILES string of the molecule is Cc1cc(S(=O)(=O)NCC(F)F)sc1CNC(C)C. The van der Waals surface area contributed by atoms with Crippen molar-refractivity contribution in [3.05, 3.63) is 16.5 Å². The number of rotatable bonds is 7. The van der Waals surface area contributed by atoms with Gasteiger partial charge in [-0.1, -0.05) is 13.8 Å². The lowest BCUT2D eigenvalue weighted by Gasteiger charge is -2.06. The average molecular weight is 312 g/mol. The van der Waals surface area contributed by atoms with Gasteiger partial charge in [0.25, 0.3) is 6.43 Å². The number of hydrogen-bond donors (Lipinski definition) is 2. The van der Waals surface area contributed by atoms with Crippen LogP contribution in [0.2, 0.25) is 0 Å². The molecule has 8 heteroatoms. The van der Waals surface area contributed by atoms with Crippen LogP contribution < -0.4 is 10.0 Å². The molecule has 1 heterocycles. The smallest absolute Gasteiger partial charge is 0.251 e. The third-order valence-electron chi connectivity index (χ3n) is 2.36. The van der Waals surface area contributed by atoms with Gasteiger partial charge in [-0.15, -0.1) is 11.3 Å². The molecule has 110 valence electrons. The molecule has 0 aliphatic carbocycles. The van der Waals surface area contributed by atoms with Gasteiger partial charge in [0.05, 0.1) is 6.54 Å². The molecule has 0 saturated carbocycles. The number of hydrogen-bond acceptors (Lipinski definition) is 4. The molecule has 0 spiro atoms. The van der Waals surface area contributed by atoms with Gasteiger partial charge in [-0.05, 0) is 18.6 Å². The number of halogens is 2. The Morgan fingerprint density at radius 2 is 2.00 bits per heavy atom. The highest BCUT2D eigenvalue weighted by molar-refractivity contribution is 7.91. The van der Waals surface area contributed by atoms with Crippen LogP contribution in [0.4, 0.5) is 8.78 Å². The first kappa shape index (κ1) is 16.5. The fourth-order valence-corrected chi connectivity index (χ4v) is 3.93. The van der Waals surface area contributed by atoms with E-state index in [1.165, 1.54) is 6.07 Å². The van der Waals surface area contributed by atoms with Gasteiger partial charge in [0.2, 0.25) is 10.0 Å². The van der Waals surface area contributed by atoms with Gasteiger partial charge in [0, 0.05) is 17.5 Å². The van der Waals surface area contributed by atoms with E-state index in [2.05, 4.69) is 5.32 Å². The summed E-state index contributed by atoms with van der Waals surface area (Å²) in [7, 11) is -3.83. The summed E-state index contributed by atoms with van der Waals surface area (Å²) in [6, 6.07) is 1.80. The Bertz CT molecular complexity index is 513. The van der Waals surface area contributed by atoms with Crippen molar-refractivity contribution < 1.29 is 17.2 Å². The van der Waals surface area contributed by atoms with E-state index in [-0.39, 0.29) is 4.21 Å². The van der Waals surface area contributed by atoms with E-state index in [4.69, 9.17) is 0 Å². The number of aryl methyl sites for hydroxylation is 1. The molecule has 0 unspecified atom stereocenters. The molecular weight excluding hydrogens is 294 g/mol. The highest BCUT2D eigenvalue weighted by Gasteiger charge is 2.20. The lowest BCUT2D eigenvalue weighted by atomic mass is 10.3. The molecule has 19 heavy (non-hydrogen) atoms. The molecule has 2 N–H and O–H groups in total. The van der Waals surface area contributed by atoms with Crippen LogP contribution in [0, 0.1) is 6.92 Å². The zero-order valence-electron chi connectivity index (χ0n) is 11.0. The largest absolute Gasteiger partial charge is 0.310 e. The topological polar surface area (TPSA) is 58.2 Å². The maximum absolute atomic E-state index is 12.0. The molecule has 0 aliphatic heterocycles. The van der Waals surface area contributed by atoms with Crippen LogP contribution in [0.15, 0.2) is 10.3 Å². The molecule has 0 fully saturated rings. The van der Waals surface area contributed by atoms with Gasteiger partial charge in [-0.2, -0.15) is 0 Å². The van der Waals surface area contributed by atoms with Gasteiger partial charge >= 0.3 is 0 Å². The van der Waals surface area contributed by atoms with Gasteiger partial charge < -0.3 is 5.32 Å². The van der Waals surface area contributed by atoms with Crippen LogP contribution in [0.25, 0.3) is 0 Å². The predicted molar refractivity (Wildman–Crippen MR) is 72.2 cm³/mol. The summed E-state index contributed by atoms with van der Waals surface area (Å²) in [4.78, 5) is 0.895. The van der Waals surface area contributed by atoms with Crippen molar-refractivity contribution in [3.63, 3.8) is 0 Å². The summed E-state index contributed by atoms with van der Waals surface area (Å²) in [5.41, 5.74) is 0.843. The Morgan fingerprint density at radius 3 is 2.53 bits per heavy atom. The van der Waals surface area contributed by atoms with Crippen LogP contribution in [-0.4, -0.2) is 27.4 Å². The normalized spacial score (nSPS) is 12.6. The highest BCUT2D eigenvalue weighted by Crippen LogP contribution is 2.25. The summed E-state index contributed by atoms with van der Waals surface area (Å²) in [5, 5.41) is 3.19. The predicted octanol–water partition coefficient (Wildman–Crippen LogP) is 2.10. The lowest BCUT2D eigenvalue weighted by Crippen LogP contribution is -2.28. The van der Waals surface area contributed by atoms with E-state index in [0.29, 0.717) is 12.6 Å². The Labute approximate surface area is 116 Å². The summed E-state index contributed by atoms with van der Waals surface area (Å²) >= 11 is 1.10. The molecule has 0 radical (unpaired) electrons. The van der Waals surface area contributed by atoms with Crippen molar-refractivity contribution in [1.29, 1.82) is 0 Å². The van der Waals surface area contributed by atoms with E-state index in [0.717, 1.165) is 21.8 Å². The zero-order valence-corrected chi connectivity index (χ0v) is 12.7. The Hall–Kier alpha value is -0.570. The first-order valence-corrected chi connectivity index (χ1v) is 8.13. The van der Waals surface area contributed by atoms with E-state index in [1.54, 1.807) is 6.92 Å². The second-order valence-electron chi connectivity index (χ2n) is 4.45. The summed E-state index contributed by atoms with van der Waals surface area (Å²) in [5.74, 6) is 0. The second-order valence-corrected chi connectivity index (χ2v) is 7.58. The van der Waals surface area contributed by atoms with Crippen LogP contribution in [0.5, 0.6) is 0 Å². The first-order chi connectivity index (χ1) is 8.72. The fourth-order valence-electron chi connectivity index (χ4n) is 1.34. The van der Waals surface area contributed by atoms with Gasteiger partial charge in [0.15, 0.2) is 0 Å². The molecule has 1 aromatic heterocycles. The number of alkyl halides is 2. The molecule has 0 atom stereocenters. The monoisotopic (exact) mass is 312 g/mol. The van der Waals surface area contributed by atoms with Crippen molar-refractivity contribution in [2.24, 2.45) is 0 Å². The number of sulfonamides is 1. The van der Waals surface area contributed by atoms with Crippen LogP contribution >= 0.6 is 11.3 Å². The highest BCUT2D eigenvalue weighted by atomic mass is 32.2. The van der Waals surface area contributed by atoms with Crippen molar-refractivity contribution in [1.82, 2.24) is 10.0 Å². The molecule has 1 rings (SSSR count). The van der Waals surface area contributed by atoms with Gasteiger partial charge in [-0.3, -0.25) is 0 Å². The summed E-state index contributed by atoms with van der Waals surface area (Å²) in [6.45, 7) is 5.49. The van der Waals surface area contributed by atoms with E-state index >= 15 is 0 Å². The molecule has 0 aromatic carbocycles. The molecule has 0 bridgehead atoms. The average Bonchev–Trinajstić information content (AvgIpc) is 2.66. The van der Waals surface area contributed by atoms with Crippen molar-refractivity contribution in [2.75, 3.05) is 6.54 Å². The minimum absolute atomic E-state index is 0.0752. The third kappa shape index (κ3) is 5.13. The van der Waals surface area contributed by atoms with Gasteiger partial charge in [0.1, 0.15) is 4.21 Å². The lowest BCUT2D eigenvalue weighted by molar-refractivity contribution is 0.153. The zero-order chi connectivity index (χ0) is 14.6. The van der Waals surface area contributed by atoms with E-state index in [9.17, 15) is 17.2 Å².